The van der Waals surface area contributed by atoms with Crippen LogP contribution in [0.1, 0.15) is 51.2 Å². The average Bonchev–Trinajstić information content (AvgIpc) is 3.36. The molecule has 4 aliphatic heterocycles. The lowest BCUT2D eigenvalue weighted by Gasteiger charge is -2.43. The number of amides is 2. The molecule has 1 aromatic heterocycles. The summed E-state index contributed by atoms with van der Waals surface area (Å²) in [6, 6.07) is 6.20. The third-order valence-electron chi connectivity index (χ3n) is 10.2. The Labute approximate surface area is 286 Å². The van der Waals surface area contributed by atoms with Crippen molar-refractivity contribution in [3.63, 3.8) is 0 Å². The zero-order valence-corrected chi connectivity index (χ0v) is 28.5. The molecule has 0 bridgehead atoms. The van der Waals surface area contributed by atoms with Crippen LogP contribution in [0.4, 0.5) is 8.78 Å². The van der Waals surface area contributed by atoms with E-state index in [1.165, 1.54) is 28.8 Å². The van der Waals surface area contributed by atoms with E-state index < -0.39 is 41.6 Å². The number of amidine groups is 1. The van der Waals surface area contributed by atoms with Crippen LogP contribution in [-0.4, -0.2) is 97.8 Å². The number of alkyl halides is 1. The first kappa shape index (κ1) is 32.8. The number of carbonyl (C=O) groups is 2. The van der Waals surface area contributed by atoms with Crippen LogP contribution in [0.3, 0.4) is 0 Å². The number of nitrogens with one attached hydrogen (secondary N) is 1. The van der Waals surface area contributed by atoms with E-state index in [9.17, 15) is 14.7 Å². The second-order valence-electron chi connectivity index (χ2n) is 13.4. The van der Waals surface area contributed by atoms with Gasteiger partial charge in [-0.2, -0.15) is 0 Å². The number of allylic oxidation sites excluding steroid dienone is 1. The molecule has 5 atom stereocenters. The average molecular weight is 706 g/mol. The van der Waals surface area contributed by atoms with Crippen LogP contribution in [0.15, 0.2) is 52.1 Å². The summed E-state index contributed by atoms with van der Waals surface area (Å²) in [4.78, 5) is 43.3. The first-order valence-corrected chi connectivity index (χ1v) is 17.5. The zero-order chi connectivity index (χ0) is 33.4. The Morgan fingerprint density at radius 1 is 1.17 bits per heavy atom. The molecule has 0 unspecified atom stereocenters. The first-order valence-electron chi connectivity index (χ1n) is 15.9. The van der Waals surface area contributed by atoms with Gasteiger partial charge in [0.05, 0.1) is 30.3 Å². The van der Waals surface area contributed by atoms with Gasteiger partial charge in [0.15, 0.2) is 5.17 Å². The predicted molar refractivity (Wildman–Crippen MR) is 177 cm³/mol. The van der Waals surface area contributed by atoms with Crippen molar-refractivity contribution in [2.24, 2.45) is 10.9 Å². The number of pyridine rings is 1. The summed E-state index contributed by atoms with van der Waals surface area (Å²) in [5, 5.41) is 14.3. The molecular weight excluding hydrogens is 669 g/mol. The lowest BCUT2D eigenvalue weighted by molar-refractivity contribution is -0.146. The number of carbonyl (C=O) groups excluding carboxylic acids is 2. The van der Waals surface area contributed by atoms with Crippen LogP contribution in [0.5, 0.6) is 0 Å². The van der Waals surface area contributed by atoms with Gasteiger partial charge >= 0.3 is 0 Å². The summed E-state index contributed by atoms with van der Waals surface area (Å²) < 4.78 is 30.3. The number of likely N-dealkylation sites (tertiary alicyclic amines) is 1. The van der Waals surface area contributed by atoms with E-state index >= 15 is 8.78 Å². The highest BCUT2D eigenvalue weighted by molar-refractivity contribution is 8.18. The van der Waals surface area contributed by atoms with E-state index in [1.807, 2.05) is 31.7 Å². The van der Waals surface area contributed by atoms with Crippen molar-refractivity contribution < 1.29 is 23.5 Å². The highest BCUT2D eigenvalue weighted by Gasteiger charge is 2.58. The van der Waals surface area contributed by atoms with E-state index in [0.29, 0.717) is 40.0 Å². The Morgan fingerprint density at radius 2 is 1.91 bits per heavy atom. The highest BCUT2D eigenvalue weighted by atomic mass is 35.5. The summed E-state index contributed by atoms with van der Waals surface area (Å²) in [5.74, 6) is -1.62. The van der Waals surface area contributed by atoms with Crippen LogP contribution in [0.25, 0.3) is 0 Å². The molecule has 3 fully saturated rings. The van der Waals surface area contributed by atoms with Gasteiger partial charge in [-0.05, 0) is 61.2 Å². The Bertz CT molecular complexity index is 1690. The normalized spacial score (nSPS) is 29.6. The molecule has 1 spiro atoms. The summed E-state index contributed by atoms with van der Waals surface area (Å²) in [6.07, 6.45) is 2.00. The molecule has 9 nitrogen and oxygen atoms in total. The number of hydrogen-bond donors (Lipinski definition) is 2. The van der Waals surface area contributed by atoms with Crippen LogP contribution >= 0.6 is 35.0 Å². The smallest absolute Gasteiger partial charge is 0.263 e. The molecule has 0 radical (unpaired) electrons. The molecule has 5 aliphatic rings. The van der Waals surface area contributed by atoms with Crippen LogP contribution in [-0.2, 0) is 15.1 Å². The second kappa shape index (κ2) is 12.0. The third kappa shape index (κ3) is 5.26. The minimum Gasteiger partial charge on any atom is -0.394 e. The maximum atomic E-state index is 15.2. The molecule has 2 N–H and O–H groups in total. The Balaban J connectivity index is 1.31. The molecule has 47 heavy (non-hydrogen) atoms. The maximum absolute atomic E-state index is 15.2. The molecule has 1 saturated carbocycles. The van der Waals surface area contributed by atoms with Gasteiger partial charge in [0.1, 0.15) is 33.6 Å². The molecule has 250 valence electrons. The minimum atomic E-state index is -1.37. The van der Waals surface area contributed by atoms with Crippen molar-refractivity contribution in [2.75, 3.05) is 26.2 Å². The molecule has 1 aromatic carbocycles. The van der Waals surface area contributed by atoms with Crippen molar-refractivity contribution in [1.29, 1.82) is 0 Å². The fourth-order valence-corrected chi connectivity index (χ4v) is 9.20. The fourth-order valence-electron chi connectivity index (χ4n) is 7.61. The summed E-state index contributed by atoms with van der Waals surface area (Å²) in [7, 11) is 0. The van der Waals surface area contributed by atoms with Crippen molar-refractivity contribution in [3.8, 4) is 0 Å². The minimum absolute atomic E-state index is 0.0257. The summed E-state index contributed by atoms with van der Waals surface area (Å²) in [6.45, 7) is 6.24. The Hall–Kier alpha value is -2.77. The number of aliphatic imine (C=N–C) groups is 1. The molecule has 7 rings (SSSR count). The van der Waals surface area contributed by atoms with Crippen molar-refractivity contribution in [3.05, 3.63) is 74.3 Å². The SMILES string of the molecule is CC(C)C1=C(C(=O)N2C[C@H](F)C[C@H]2C(=O)N2CC3(CC3)NC[C@@H]2CO)SC2=N[C@@H](C)[C@](c3ccc(Cl)nc3)(c3ccc(Cl)c(F)c3)N21. The largest absolute Gasteiger partial charge is 0.394 e. The van der Waals surface area contributed by atoms with E-state index in [2.05, 4.69) is 10.3 Å². The number of rotatable bonds is 6. The third-order valence-corrected chi connectivity index (χ3v) is 11.7. The number of thioether (sulfide) groups is 1. The lowest BCUT2D eigenvalue weighted by Crippen LogP contribution is -2.63. The van der Waals surface area contributed by atoms with E-state index in [4.69, 9.17) is 28.2 Å². The standard InChI is InChI=1S/C33H36Cl2F2N6O3S/c1-17(2)27-28(30(46)41-14-21(36)11-25(41)29(45)42-16-32(8-9-32)39-13-22(42)15-44)47-31-40-18(3)33(43(27)31,20-5-7-26(35)38-12-20)19-4-6-23(34)24(37)10-19/h4-7,10,12,17-18,21-22,25,39,44H,8-9,11,13-16H2,1-3H3/t18-,21+,22+,25-,33+/m0/s1. The fraction of sp³-hybridized carbons (Fsp3) is 0.515. The van der Waals surface area contributed by atoms with E-state index in [1.54, 1.807) is 23.2 Å². The second-order valence-corrected chi connectivity index (χ2v) is 15.2. The zero-order valence-electron chi connectivity index (χ0n) is 26.2. The lowest BCUT2D eigenvalue weighted by atomic mass is 9.77. The first-order chi connectivity index (χ1) is 22.4. The molecular formula is C33H36Cl2F2N6O3S. The number of piperazine rings is 1. The van der Waals surface area contributed by atoms with E-state index in [-0.39, 0.29) is 47.1 Å². The summed E-state index contributed by atoms with van der Waals surface area (Å²) >= 11 is 13.5. The van der Waals surface area contributed by atoms with Crippen molar-refractivity contribution in [2.45, 2.75) is 75.4 Å². The van der Waals surface area contributed by atoms with Gasteiger partial charge in [0.25, 0.3) is 5.91 Å². The van der Waals surface area contributed by atoms with Crippen molar-refractivity contribution in [1.82, 2.24) is 25.0 Å². The molecule has 5 heterocycles. The summed E-state index contributed by atoms with van der Waals surface area (Å²) in [5.41, 5.74) is 0.586. The van der Waals surface area contributed by atoms with Crippen LogP contribution < -0.4 is 5.32 Å². The number of aliphatic hydroxyl groups is 1. The number of aromatic nitrogens is 1. The number of hydrogen-bond acceptors (Lipinski definition) is 8. The number of aliphatic hydroxyl groups excluding tert-OH is 1. The number of nitrogens with zero attached hydrogens (tertiary/aromatic N) is 5. The number of fused-ring (bicyclic) bond motifs is 1. The maximum Gasteiger partial charge on any atom is 0.263 e. The van der Waals surface area contributed by atoms with Crippen molar-refractivity contribution >= 4 is 51.9 Å². The molecule has 14 heteroatoms. The highest BCUT2D eigenvalue weighted by Crippen LogP contribution is 2.55. The van der Waals surface area contributed by atoms with Gasteiger partial charge in [-0.25, -0.2) is 13.8 Å². The molecule has 1 aliphatic carbocycles. The quantitative estimate of drug-likeness (QED) is 0.420. The van der Waals surface area contributed by atoms with Crippen LogP contribution in [0.2, 0.25) is 10.2 Å². The topological polar surface area (TPSA) is 101 Å². The van der Waals surface area contributed by atoms with Gasteiger partial charge in [-0.1, -0.05) is 49.2 Å². The molecule has 2 aromatic rings. The van der Waals surface area contributed by atoms with Gasteiger partial charge in [0, 0.05) is 42.5 Å². The van der Waals surface area contributed by atoms with Crippen LogP contribution in [0, 0.1) is 11.7 Å². The monoisotopic (exact) mass is 704 g/mol. The Morgan fingerprint density at radius 3 is 2.55 bits per heavy atom. The van der Waals surface area contributed by atoms with Gasteiger partial charge < -0.3 is 25.1 Å². The molecule has 2 amide bonds. The molecule has 2 saturated heterocycles. The van der Waals surface area contributed by atoms with Gasteiger partial charge in [-0.15, -0.1) is 0 Å². The van der Waals surface area contributed by atoms with E-state index in [0.717, 1.165) is 12.8 Å². The predicted octanol–water partition coefficient (Wildman–Crippen LogP) is 4.71. The number of benzene rings is 1. The van der Waals surface area contributed by atoms with Gasteiger partial charge in [0.2, 0.25) is 5.91 Å². The van der Waals surface area contributed by atoms with Gasteiger partial charge in [-0.3, -0.25) is 14.6 Å². The number of halogens is 4. The Kier molecular flexibility index (Phi) is 8.35.